The van der Waals surface area contributed by atoms with Crippen LogP contribution in [0.2, 0.25) is 0 Å². The van der Waals surface area contributed by atoms with E-state index in [4.69, 9.17) is 13.9 Å². The summed E-state index contributed by atoms with van der Waals surface area (Å²) in [6, 6.07) is 22.6. The fourth-order valence-corrected chi connectivity index (χ4v) is 3.47. The molecule has 1 amide bonds. The molecule has 1 heterocycles. The zero-order valence-electron chi connectivity index (χ0n) is 17.4. The summed E-state index contributed by atoms with van der Waals surface area (Å²) in [5, 5.41) is 4.87. The van der Waals surface area contributed by atoms with Gasteiger partial charge in [0.1, 0.15) is 23.7 Å². The van der Waals surface area contributed by atoms with E-state index in [-0.39, 0.29) is 5.76 Å². The minimum atomic E-state index is -0.447. The number of carbonyl (C=O) groups is 1. The first-order valence-corrected chi connectivity index (χ1v) is 10.9. The van der Waals surface area contributed by atoms with Crippen LogP contribution >= 0.6 is 15.9 Å². The SMILES string of the molecule is CCOc1ccc2oc(C(=O)N/N=C/c3cc(Br)ccc3OCc3ccccc3)cc2c1. The van der Waals surface area contributed by atoms with E-state index in [1.807, 2.05) is 61.5 Å². The fraction of sp³-hybridized carbons (Fsp3) is 0.120. The molecule has 4 rings (SSSR count). The highest BCUT2D eigenvalue weighted by atomic mass is 79.9. The predicted octanol–water partition coefficient (Wildman–Crippen LogP) is 5.94. The molecule has 1 aromatic heterocycles. The average molecular weight is 493 g/mol. The van der Waals surface area contributed by atoms with E-state index in [1.54, 1.807) is 24.4 Å². The number of amides is 1. The van der Waals surface area contributed by atoms with Crippen LogP contribution in [0.4, 0.5) is 0 Å². The maximum absolute atomic E-state index is 12.5. The van der Waals surface area contributed by atoms with E-state index >= 15 is 0 Å². The molecule has 1 N–H and O–H groups in total. The Morgan fingerprint density at radius 2 is 1.91 bits per heavy atom. The smallest absolute Gasteiger partial charge is 0.307 e. The molecule has 162 valence electrons. The number of nitrogens with one attached hydrogen (secondary N) is 1. The van der Waals surface area contributed by atoms with Gasteiger partial charge in [-0.2, -0.15) is 5.10 Å². The number of fused-ring (bicyclic) bond motifs is 1. The van der Waals surface area contributed by atoms with Crippen molar-refractivity contribution < 1.29 is 18.7 Å². The van der Waals surface area contributed by atoms with Gasteiger partial charge in [0, 0.05) is 15.4 Å². The number of ether oxygens (including phenoxy) is 2. The number of nitrogens with zero attached hydrogens (tertiary/aromatic N) is 1. The van der Waals surface area contributed by atoms with Gasteiger partial charge < -0.3 is 13.9 Å². The number of hydrogen-bond donors (Lipinski definition) is 1. The molecule has 0 aliphatic rings. The Hall–Kier alpha value is -3.58. The molecule has 4 aromatic rings. The maximum atomic E-state index is 12.5. The van der Waals surface area contributed by atoms with Crippen molar-refractivity contribution in [2.24, 2.45) is 5.10 Å². The molecule has 3 aromatic carbocycles. The Balaban J connectivity index is 1.44. The molecule has 32 heavy (non-hydrogen) atoms. The highest BCUT2D eigenvalue weighted by Crippen LogP contribution is 2.25. The van der Waals surface area contributed by atoms with E-state index in [0.29, 0.717) is 24.5 Å². The lowest BCUT2D eigenvalue weighted by Gasteiger charge is -2.09. The van der Waals surface area contributed by atoms with Crippen LogP contribution in [0.1, 0.15) is 28.6 Å². The summed E-state index contributed by atoms with van der Waals surface area (Å²) in [6.07, 6.45) is 1.54. The Morgan fingerprint density at radius 1 is 1.06 bits per heavy atom. The zero-order chi connectivity index (χ0) is 22.3. The van der Waals surface area contributed by atoms with Crippen LogP contribution in [-0.2, 0) is 6.61 Å². The second kappa shape index (κ2) is 10.2. The third-order valence-electron chi connectivity index (χ3n) is 4.60. The molecule has 0 spiro atoms. The first-order valence-electron chi connectivity index (χ1n) is 10.1. The number of furan rings is 1. The molecule has 0 atom stereocenters. The third kappa shape index (κ3) is 5.36. The standard InChI is InChI=1S/C25H21BrN2O4/c1-2-30-21-9-11-23-18(13-21)14-24(32-23)25(29)28-27-15-19-12-20(26)8-10-22(19)31-16-17-6-4-3-5-7-17/h3-15H,2,16H2,1H3,(H,28,29)/b27-15+. The molecule has 0 unspecified atom stereocenters. The van der Waals surface area contributed by atoms with Crippen molar-refractivity contribution in [1.29, 1.82) is 0 Å². The van der Waals surface area contributed by atoms with Crippen LogP contribution in [0.3, 0.4) is 0 Å². The molecule has 0 bridgehead atoms. The number of halogens is 1. The minimum absolute atomic E-state index is 0.167. The highest BCUT2D eigenvalue weighted by molar-refractivity contribution is 9.10. The molecule has 0 aliphatic heterocycles. The Kier molecular flexibility index (Phi) is 6.87. The lowest BCUT2D eigenvalue weighted by atomic mass is 10.2. The molecule has 0 saturated heterocycles. The fourth-order valence-electron chi connectivity index (χ4n) is 3.09. The van der Waals surface area contributed by atoms with Crippen molar-refractivity contribution in [2.75, 3.05) is 6.61 Å². The Labute approximate surface area is 194 Å². The molecular weight excluding hydrogens is 472 g/mol. The molecular formula is C25H21BrN2O4. The molecule has 0 aliphatic carbocycles. The Morgan fingerprint density at radius 3 is 2.72 bits per heavy atom. The predicted molar refractivity (Wildman–Crippen MR) is 127 cm³/mol. The number of benzene rings is 3. The van der Waals surface area contributed by atoms with Gasteiger partial charge in [-0.05, 0) is 55.0 Å². The van der Waals surface area contributed by atoms with Gasteiger partial charge in [-0.15, -0.1) is 0 Å². The summed E-state index contributed by atoms with van der Waals surface area (Å²) in [7, 11) is 0. The van der Waals surface area contributed by atoms with E-state index in [2.05, 4.69) is 26.5 Å². The number of carbonyl (C=O) groups excluding carboxylic acids is 1. The van der Waals surface area contributed by atoms with Gasteiger partial charge in [0.25, 0.3) is 0 Å². The van der Waals surface area contributed by atoms with Crippen molar-refractivity contribution in [3.63, 3.8) is 0 Å². The summed E-state index contributed by atoms with van der Waals surface area (Å²) in [5.74, 6) is 1.10. The number of rotatable bonds is 8. The highest BCUT2D eigenvalue weighted by Gasteiger charge is 2.12. The van der Waals surface area contributed by atoms with Gasteiger partial charge in [0.05, 0.1) is 12.8 Å². The summed E-state index contributed by atoms with van der Waals surface area (Å²) in [6.45, 7) is 2.91. The van der Waals surface area contributed by atoms with Crippen molar-refractivity contribution in [2.45, 2.75) is 13.5 Å². The van der Waals surface area contributed by atoms with Gasteiger partial charge in [-0.25, -0.2) is 5.43 Å². The largest absolute Gasteiger partial charge is 0.494 e. The van der Waals surface area contributed by atoms with Crippen LogP contribution in [0.15, 0.2) is 86.8 Å². The van der Waals surface area contributed by atoms with Crippen LogP contribution in [0, 0.1) is 0 Å². The lowest BCUT2D eigenvalue weighted by Crippen LogP contribution is -2.16. The number of hydrazone groups is 1. The molecule has 0 fully saturated rings. The monoisotopic (exact) mass is 492 g/mol. The van der Waals surface area contributed by atoms with Gasteiger partial charge >= 0.3 is 5.91 Å². The summed E-state index contributed by atoms with van der Waals surface area (Å²) in [4.78, 5) is 12.5. The minimum Gasteiger partial charge on any atom is -0.494 e. The lowest BCUT2D eigenvalue weighted by molar-refractivity contribution is 0.0929. The molecule has 0 saturated carbocycles. The maximum Gasteiger partial charge on any atom is 0.307 e. The van der Waals surface area contributed by atoms with Crippen molar-refractivity contribution in [1.82, 2.24) is 5.43 Å². The van der Waals surface area contributed by atoms with Gasteiger partial charge in [-0.1, -0.05) is 46.3 Å². The van der Waals surface area contributed by atoms with Gasteiger partial charge in [0.15, 0.2) is 5.76 Å². The second-order valence-corrected chi connectivity index (χ2v) is 7.81. The van der Waals surface area contributed by atoms with Crippen LogP contribution in [-0.4, -0.2) is 18.7 Å². The van der Waals surface area contributed by atoms with E-state index in [1.165, 1.54) is 0 Å². The second-order valence-electron chi connectivity index (χ2n) is 6.90. The van der Waals surface area contributed by atoms with Gasteiger partial charge in [-0.3, -0.25) is 4.79 Å². The average Bonchev–Trinajstić information content (AvgIpc) is 3.23. The summed E-state index contributed by atoms with van der Waals surface area (Å²) < 4.78 is 17.9. The Bertz CT molecular complexity index is 1250. The topological polar surface area (TPSA) is 73.1 Å². The molecule has 0 radical (unpaired) electrons. The first kappa shape index (κ1) is 21.6. The normalized spacial score (nSPS) is 11.1. The van der Waals surface area contributed by atoms with Crippen LogP contribution in [0.5, 0.6) is 11.5 Å². The van der Waals surface area contributed by atoms with E-state index in [0.717, 1.165) is 26.7 Å². The quantitative estimate of drug-likeness (QED) is 0.244. The first-order chi connectivity index (χ1) is 15.6. The summed E-state index contributed by atoms with van der Waals surface area (Å²) in [5.41, 5.74) is 4.89. The van der Waals surface area contributed by atoms with Crippen molar-refractivity contribution in [3.05, 3.63) is 94.2 Å². The van der Waals surface area contributed by atoms with Crippen LogP contribution < -0.4 is 14.9 Å². The van der Waals surface area contributed by atoms with Crippen LogP contribution in [0.25, 0.3) is 11.0 Å². The summed E-state index contributed by atoms with van der Waals surface area (Å²) >= 11 is 3.46. The molecule has 6 nitrogen and oxygen atoms in total. The number of hydrogen-bond acceptors (Lipinski definition) is 5. The zero-order valence-corrected chi connectivity index (χ0v) is 19.0. The van der Waals surface area contributed by atoms with Crippen molar-refractivity contribution in [3.8, 4) is 11.5 Å². The van der Waals surface area contributed by atoms with Crippen molar-refractivity contribution >= 4 is 39.0 Å². The molecule has 7 heteroatoms. The van der Waals surface area contributed by atoms with Gasteiger partial charge in [0.2, 0.25) is 0 Å². The third-order valence-corrected chi connectivity index (χ3v) is 5.09. The van der Waals surface area contributed by atoms with E-state index < -0.39 is 5.91 Å². The van der Waals surface area contributed by atoms with E-state index in [9.17, 15) is 4.79 Å².